The summed E-state index contributed by atoms with van der Waals surface area (Å²) in [5.74, 6) is 1.58. The summed E-state index contributed by atoms with van der Waals surface area (Å²) in [5.41, 5.74) is 4.31. The maximum absolute atomic E-state index is 14.0. The van der Waals surface area contributed by atoms with Crippen molar-refractivity contribution in [3.05, 3.63) is 83.6 Å². The van der Waals surface area contributed by atoms with Crippen LogP contribution in [0.3, 0.4) is 0 Å². The molecule has 1 unspecified atom stereocenters. The molecule has 8 nitrogen and oxygen atoms in total. The van der Waals surface area contributed by atoms with Crippen molar-refractivity contribution in [1.29, 1.82) is 0 Å². The van der Waals surface area contributed by atoms with Crippen molar-refractivity contribution in [3.8, 4) is 17.2 Å². The molecule has 0 bridgehead atoms. The summed E-state index contributed by atoms with van der Waals surface area (Å²) in [5, 5.41) is 1.07. The number of urea groups is 1. The smallest absolute Gasteiger partial charge is 0.332 e. The molecule has 0 saturated carbocycles. The van der Waals surface area contributed by atoms with Gasteiger partial charge in [0.25, 0.3) is 5.91 Å². The molecule has 4 aromatic rings. The number of imide groups is 1. The molecule has 3 aliphatic heterocycles. The van der Waals surface area contributed by atoms with E-state index in [1.807, 2.05) is 42.5 Å². The van der Waals surface area contributed by atoms with E-state index in [0.29, 0.717) is 42.6 Å². The third-order valence-electron chi connectivity index (χ3n) is 7.24. The number of amides is 3. The first-order valence-corrected chi connectivity index (χ1v) is 11.9. The minimum absolute atomic E-state index is 0.250. The Morgan fingerprint density at radius 2 is 1.78 bits per heavy atom. The van der Waals surface area contributed by atoms with Crippen molar-refractivity contribution in [3.63, 3.8) is 0 Å². The fourth-order valence-electron chi connectivity index (χ4n) is 5.64. The van der Waals surface area contributed by atoms with Crippen LogP contribution in [0.25, 0.3) is 10.9 Å². The van der Waals surface area contributed by atoms with E-state index < -0.39 is 12.1 Å². The van der Waals surface area contributed by atoms with Gasteiger partial charge in [-0.1, -0.05) is 30.3 Å². The summed E-state index contributed by atoms with van der Waals surface area (Å²) in [6.07, 6.45) is 0.436. The largest absolute Gasteiger partial charge is 0.497 e. The third-order valence-corrected chi connectivity index (χ3v) is 7.24. The normalized spacial score (nSPS) is 20.5. The average Bonchev–Trinajstić information content (AvgIpc) is 3.41. The highest BCUT2D eigenvalue weighted by molar-refractivity contribution is 6.22. The highest BCUT2D eigenvalue weighted by atomic mass is 16.6. The number of H-pyrrole nitrogens is 1. The Morgan fingerprint density at radius 3 is 2.64 bits per heavy atom. The number of anilines is 1. The zero-order valence-corrected chi connectivity index (χ0v) is 19.6. The van der Waals surface area contributed by atoms with Gasteiger partial charge in [0.2, 0.25) is 0 Å². The molecule has 2 atom stereocenters. The van der Waals surface area contributed by atoms with Crippen LogP contribution in [0.5, 0.6) is 17.2 Å². The second-order valence-electron chi connectivity index (χ2n) is 9.15. The Kier molecular flexibility index (Phi) is 4.51. The molecule has 3 aromatic carbocycles. The Bertz CT molecular complexity index is 1540. The summed E-state index contributed by atoms with van der Waals surface area (Å²) in [7, 11) is 1.62. The van der Waals surface area contributed by atoms with Crippen LogP contribution in [0.1, 0.15) is 22.9 Å². The number of carbonyl (C=O) groups excluding carboxylic acids is 2. The number of aromatic amines is 1. The number of methoxy groups -OCH3 is 1. The van der Waals surface area contributed by atoms with Crippen LogP contribution < -0.4 is 19.1 Å². The van der Waals surface area contributed by atoms with Crippen molar-refractivity contribution in [1.82, 2.24) is 9.88 Å². The van der Waals surface area contributed by atoms with E-state index in [9.17, 15) is 9.59 Å². The SMILES string of the molecule is COc1cccc(C2c3[nH]c4ccccc4c3C[C@H]3C(=O)N(c4ccc5c(c4)OCCO5)C(=O)N23)c1. The minimum atomic E-state index is -0.631. The molecule has 1 aromatic heterocycles. The fourth-order valence-corrected chi connectivity index (χ4v) is 5.64. The quantitative estimate of drug-likeness (QED) is 0.438. The Labute approximate surface area is 207 Å². The zero-order valence-electron chi connectivity index (χ0n) is 19.6. The van der Waals surface area contributed by atoms with E-state index >= 15 is 0 Å². The molecule has 7 rings (SSSR count). The van der Waals surface area contributed by atoms with E-state index in [1.165, 1.54) is 4.90 Å². The summed E-state index contributed by atoms with van der Waals surface area (Å²) >= 11 is 0. The van der Waals surface area contributed by atoms with E-state index in [2.05, 4.69) is 11.1 Å². The van der Waals surface area contributed by atoms with Crippen molar-refractivity contribution >= 4 is 28.5 Å². The van der Waals surface area contributed by atoms with Crippen LogP contribution in [-0.4, -0.2) is 48.2 Å². The van der Waals surface area contributed by atoms with Gasteiger partial charge in [0, 0.05) is 29.1 Å². The lowest BCUT2D eigenvalue weighted by molar-refractivity contribution is -0.120. The Hall–Kier alpha value is -4.46. The van der Waals surface area contributed by atoms with Crippen molar-refractivity contribution in [2.45, 2.75) is 18.5 Å². The summed E-state index contributed by atoms with van der Waals surface area (Å²) in [4.78, 5) is 34.4. The number of ether oxygens (including phenoxy) is 3. The van der Waals surface area contributed by atoms with Gasteiger partial charge < -0.3 is 19.2 Å². The lowest BCUT2D eigenvalue weighted by Gasteiger charge is -2.36. The minimum Gasteiger partial charge on any atom is -0.497 e. The predicted molar refractivity (Wildman–Crippen MR) is 133 cm³/mol. The van der Waals surface area contributed by atoms with Gasteiger partial charge in [0.15, 0.2) is 11.5 Å². The molecule has 0 spiro atoms. The monoisotopic (exact) mass is 481 g/mol. The van der Waals surface area contributed by atoms with Gasteiger partial charge >= 0.3 is 6.03 Å². The summed E-state index contributed by atoms with van der Waals surface area (Å²) in [6.45, 7) is 0.893. The van der Waals surface area contributed by atoms with Gasteiger partial charge in [0.05, 0.1) is 12.8 Å². The number of rotatable bonds is 3. The number of aromatic nitrogens is 1. The molecule has 8 heteroatoms. The predicted octanol–water partition coefficient (Wildman–Crippen LogP) is 4.43. The van der Waals surface area contributed by atoms with Gasteiger partial charge in [-0.05, 0) is 41.5 Å². The highest BCUT2D eigenvalue weighted by Gasteiger charge is 2.53. The summed E-state index contributed by atoms with van der Waals surface area (Å²) < 4.78 is 16.8. The van der Waals surface area contributed by atoms with Crippen LogP contribution in [-0.2, 0) is 11.2 Å². The van der Waals surface area contributed by atoms with Gasteiger partial charge in [-0.15, -0.1) is 0 Å². The fraction of sp³-hybridized carbons (Fsp3) is 0.214. The average molecular weight is 482 g/mol. The second-order valence-corrected chi connectivity index (χ2v) is 9.15. The van der Waals surface area contributed by atoms with E-state index in [-0.39, 0.29) is 11.9 Å². The summed E-state index contributed by atoms with van der Waals surface area (Å²) in [6, 6.07) is 19.4. The number of fused-ring (bicyclic) bond motifs is 5. The van der Waals surface area contributed by atoms with Crippen molar-refractivity contribution in [2.24, 2.45) is 0 Å². The van der Waals surface area contributed by atoms with Gasteiger partial charge in [0.1, 0.15) is 31.0 Å². The number of para-hydroxylation sites is 1. The molecule has 1 fully saturated rings. The van der Waals surface area contributed by atoms with Gasteiger partial charge in [-0.3, -0.25) is 9.69 Å². The lowest BCUT2D eigenvalue weighted by Crippen LogP contribution is -2.44. The molecular formula is C28H23N3O5. The number of hydrogen-bond acceptors (Lipinski definition) is 5. The number of nitrogens with zero attached hydrogens (tertiary/aromatic N) is 2. The molecule has 0 aliphatic carbocycles. The Morgan fingerprint density at radius 1 is 0.944 bits per heavy atom. The van der Waals surface area contributed by atoms with Crippen molar-refractivity contribution < 1.29 is 23.8 Å². The molecule has 3 aliphatic rings. The van der Waals surface area contributed by atoms with E-state index in [1.54, 1.807) is 30.2 Å². The van der Waals surface area contributed by atoms with Gasteiger partial charge in [-0.25, -0.2) is 9.69 Å². The second kappa shape index (κ2) is 7.78. The van der Waals surface area contributed by atoms with E-state index in [0.717, 1.165) is 27.7 Å². The molecule has 4 heterocycles. The van der Waals surface area contributed by atoms with Gasteiger partial charge in [-0.2, -0.15) is 0 Å². The first-order chi connectivity index (χ1) is 17.6. The molecule has 36 heavy (non-hydrogen) atoms. The first-order valence-electron chi connectivity index (χ1n) is 11.9. The third kappa shape index (κ3) is 2.94. The molecule has 180 valence electrons. The van der Waals surface area contributed by atoms with Crippen LogP contribution in [0.2, 0.25) is 0 Å². The topological polar surface area (TPSA) is 84.1 Å². The molecule has 1 N–H and O–H groups in total. The first kappa shape index (κ1) is 20.9. The maximum atomic E-state index is 14.0. The number of benzene rings is 3. The van der Waals surface area contributed by atoms with Crippen LogP contribution in [0.4, 0.5) is 10.5 Å². The number of nitrogens with one attached hydrogen (secondary N) is 1. The number of hydrogen-bond donors (Lipinski definition) is 1. The zero-order chi connectivity index (χ0) is 24.4. The van der Waals surface area contributed by atoms with E-state index in [4.69, 9.17) is 14.2 Å². The molecule has 3 amide bonds. The van der Waals surface area contributed by atoms with Crippen LogP contribution in [0, 0.1) is 0 Å². The maximum Gasteiger partial charge on any atom is 0.332 e. The lowest BCUT2D eigenvalue weighted by atomic mass is 9.89. The van der Waals surface area contributed by atoms with Crippen molar-refractivity contribution in [2.75, 3.05) is 25.2 Å². The molecule has 0 radical (unpaired) electrons. The molecular weight excluding hydrogens is 458 g/mol. The standard InChI is InChI=1S/C28H23N3O5/c1-34-18-6-4-5-16(13-18)26-25-20(19-7-2-3-8-21(19)29-25)15-22-27(32)30(28(33)31(22)26)17-9-10-23-24(14-17)36-12-11-35-23/h2-10,13-14,22,26,29H,11-12,15H2,1H3/t22-,26?/m0/s1. The highest BCUT2D eigenvalue weighted by Crippen LogP contribution is 2.46. The Balaban J connectivity index is 1.38. The van der Waals surface area contributed by atoms with Crippen LogP contribution in [0.15, 0.2) is 66.7 Å². The number of carbonyl (C=O) groups is 2. The van der Waals surface area contributed by atoms with Crippen LogP contribution >= 0.6 is 0 Å². The molecule has 1 saturated heterocycles.